The number of hydrogen-bond acceptors (Lipinski definition) is 3. The average Bonchev–Trinajstić information content (AvgIpc) is 2.99. The van der Waals surface area contributed by atoms with E-state index in [1.165, 1.54) is 24.3 Å². The number of rotatable bonds is 7. The molecule has 3 nitrogen and oxygen atoms in total. The standard InChI is InChI=1S/C16H18FNO2S/c1-2-8-18(10-13-7-9-21-12-13)16(19)11-20-15-5-3-14(17)4-6-15/h3-7,9,12H,2,8,10-11H2,1H3. The third-order valence-corrected chi connectivity index (χ3v) is 3.71. The fourth-order valence-electron chi connectivity index (χ4n) is 1.93. The molecule has 0 saturated heterocycles. The molecule has 0 radical (unpaired) electrons. The molecule has 2 rings (SSSR count). The second kappa shape index (κ2) is 7.78. The van der Waals surface area contributed by atoms with Crippen molar-refractivity contribution in [3.63, 3.8) is 0 Å². The van der Waals surface area contributed by atoms with Crippen molar-refractivity contribution in [2.75, 3.05) is 13.2 Å². The molecule has 0 aliphatic rings. The molecule has 0 N–H and O–H groups in total. The lowest BCUT2D eigenvalue weighted by molar-refractivity contribution is -0.134. The van der Waals surface area contributed by atoms with E-state index in [1.54, 1.807) is 16.2 Å². The Labute approximate surface area is 128 Å². The molecular weight excluding hydrogens is 289 g/mol. The number of carbonyl (C=O) groups is 1. The van der Waals surface area contributed by atoms with Gasteiger partial charge in [-0.15, -0.1) is 0 Å². The first-order valence-corrected chi connectivity index (χ1v) is 7.80. The molecular formula is C16H18FNO2S. The topological polar surface area (TPSA) is 29.5 Å². The van der Waals surface area contributed by atoms with Gasteiger partial charge in [-0.3, -0.25) is 4.79 Å². The summed E-state index contributed by atoms with van der Waals surface area (Å²) >= 11 is 1.62. The van der Waals surface area contributed by atoms with E-state index in [1.807, 2.05) is 23.8 Å². The van der Waals surface area contributed by atoms with E-state index in [9.17, 15) is 9.18 Å². The van der Waals surface area contributed by atoms with E-state index in [2.05, 4.69) is 0 Å². The molecule has 1 aromatic heterocycles. The summed E-state index contributed by atoms with van der Waals surface area (Å²) in [4.78, 5) is 14.0. The highest BCUT2D eigenvalue weighted by Crippen LogP contribution is 2.13. The van der Waals surface area contributed by atoms with Crippen LogP contribution in [0.5, 0.6) is 5.75 Å². The molecule has 0 aliphatic carbocycles. The summed E-state index contributed by atoms with van der Waals surface area (Å²) in [5.74, 6) is 0.114. The monoisotopic (exact) mass is 307 g/mol. The minimum Gasteiger partial charge on any atom is -0.484 e. The summed E-state index contributed by atoms with van der Waals surface area (Å²) in [6.07, 6.45) is 0.895. The van der Waals surface area contributed by atoms with E-state index in [0.29, 0.717) is 18.8 Å². The van der Waals surface area contributed by atoms with Crippen LogP contribution < -0.4 is 4.74 Å². The first kappa shape index (κ1) is 15.5. The van der Waals surface area contributed by atoms with Crippen molar-refractivity contribution in [1.82, 2.24) is 4.90 Å². The van der Waals surface area contributed by atoms with Gasteiger partial charge in [0.25, 0.3) is 5.91 Å². The van der Waals surface area contributed by atoms with E-state index < -0.39 is 0 Å². The van der Waals surface area contributed by atoms with Crippen LogP contribution in [0.15, 0.2) is 41.1 Å². The predicted octanol–water partition coefficient (Wildman–Crippen LogP) is 3.70. The zero-order valence-corrected chi connectivity index (χ0v) is 12.7. The number of amides is 1. The molecule has 0 atom stereocenters. The lowest BCUT2D eigenvalue weighted by atomic mass is 10.3. The van der Waals surface area contributed by atoms with Gasteiger partial charge in [-0.1, -0.05) is 6.92 Å². The molecule has 5 heteroatoms. The second-order valence-corrected chi connectivity index (χ2v) is 5.47. The molecule has 0 unspecified atom stereocenters. The first-order valence-electron chi connectivity index (χ1n) is 6.86. The Morgan fingerprint density at radius 3 is 2.67 bits per heavy atom. The highest BCUT2D eigenvalue weighted by atomic mass is 32.1. The van der Waals surface area contributed by atoms with Crippen LogP contribution >= 0.6 is 11.3 Å². The summed E-state index contributed by atoms with van der Waals surface area (Å²) in [5.41, 5.74) is 1.13. The normalized spacial score (nSPS) is 10.4. The largest absolute Gasteiger partial charge is 0.484 e. The number of nitrogens with zero attached hydrogens (tertiary/aromatic N) is 1. The van der Waals surface area contributed by atoms with Gasteiger partial charge in [0.05, 0.1) is 0 Å². The average molecular weight is 307 g/mol. The Balaban J connectivity index is 1.90. The summed E-state index contributed by atoms with van der Waals surface area (Å²) in [5, 5.41) is 4.04. The molecule has 2 aromatic rings. The minimum absolute atomic E-state index is 0.0320. The maximum atomic E-state index is 12.8. The van der Waals surface area contributed by atoms with Crippen molar-refractivity contribution in [3.8, 4) is 5.75 Å². The molecule has 1 amide bonds. The van der Waals surface area contributed by atoms with Crippen LogP contribution in [0.2, 0.25) is 0 Å². The maximum absolute atomic E-state index is 12.8. The maximum Gasteiger partial charge on any atom is 0.260 e. The molecule has 0 fully saturated rings. The van der Waals surface area contributed by atoms with Gasteiger partial charge in [0.1, 0.15) is 11.6 Å². The zero-order chi connectivity index (χ0) is 15.1. The number of hydrogen-bond donors (Lipinski definition) is 0. The molecule has 1 heterocycles. The summed E-state index contributed by atoms with van der Waals surface area (Å²) in [7, 11) is 0. The third kappa shape index (κ3) is 4.86. The molecule has 112 valence electrons. The van der Waals surface area contributed by atoms with Crippen molar-refractivity contribution in [1.29, 1.82) is 0 Å². The van der Waals surface area contributed by atoms with E-state index in [-0.39, 0.29) is 18.3 Å². The van der Waals surface area contributed by atoms with Crippen LogP contribution in [0.3, 0.4) is 0 Å². The van der Waals surface area contributed by atoms with Crippen LogP contribution in [0.25, 0.3) is 0 Å². The van der Waals surface area contributed by atoms with Crippen molar-refractivity contribution in [2.24, 2.45) is 0 Å². The van der Waals surface area contributed by atoms with Gasteiger partial charge >= 0.3 is 0 Å². The van der Waals surface area contributed by atoms with Gasteiger partial charge in [-0.2, -0.15) is 11.3 Å². The molecule has 0 bridgehead atoms. The van der Waals surface area contributed by atoms with Gasteiger partial charge < -0.3 is 9.64 Å². The second-order valence-electron chi connectivity index (χ2n) is 4.69. The van der Waals surface area contributed by atoms with E-state index in [4.69, 9.17) is 4.74 Å². The molecule has 1 aromatic carbocycles. The van der Waals surface area contributed by atoms with E-state index in [0.717, 1.165) is 12.0 Å². The first-order chi connectivity index (χ1) is 10.2. The highest BCUT2D eigenvalue weighted by Gasteiger charge is 2.14. The smallest absolute Gasteiger partial charge is 0.260 e. The number of benzene rings is 1. The number of thiophene rings is 1. The quantitative estimate of drug-likeness (QED) is 0.780. The molecule has 0 aliphatic heterocycles. The Morgan fingerprint density at radius 1 is 1.29 bits per heavy atom. The number of halogens is 1. The van der Waals surface area contributed by atoms with Gasteiger partial charge in [0.2, 0.25) is 0 Å². The summed E-state index contributed by atoms with van der Waals surface area (Å²) < 4.78 is 18.2. The Bertz CT molecular complexity index is 554. The Morgan fingerprint density at radius 2 is 2.05 bits per heavy atom. The highest BCUT2D eigenvalue weighted by molar-refractivity contribution is 7.07. The van der Waals surface area contributed by atoms with Crippen molar-refractivity contribution < 1.29 is 13.9 Å². The van der Waals surface area contributed by atoms with Crippen LogP contribution in [0.1, 0.15) is 18.9 Å². The predicted molar refractivity (Wildman–Crippen MR) is 81.9 cm³/mol. The van der Waals surface area contributed by atoms with Crippen molar-refractivity contribution in [2.45, 2.75) is 19.9 Å². The molecule has 21 heavy (non-hydrogen) atoms. The number of ether oxygens (including phenoxy) is 1. The Kier molecular flexibility index (Phi) is 5.75. The molecule has 0 spiro atoms. The van der Waals surface area contributed by atoms with Crippen LogP contribution in [0.4, 0.5) is 4.39 Å². The van der Waals surface area contributed by atoms with Gasteiger partial charge in [-0.25, -0.2) is 4.39 Å². The Hall–Kier alpha value is -1.88. The van der Waals surface area contributed by atoms with Gasteiger partial charge in [0, 0.05) is 13.1 Å². The van der Waals surface area contributed by atoms with Crippen LogP contribution in [0, 0.1) is 5.82 Å². The van der Waals surface area contributed by atoms with Crippen molar-refractivity contribution in [3.05, 3.63) is 52.5 Å². The van der Waals surface area contributed by atoms with Gasteiger partial charge in [0.15, 0.2) is 6.61 Å². The summed E-state index contributed by atoms with van der Waals surface area (Å²) in [6.45, 7) is 3.30. The van der Waals surface area contributed by atoms with Crippen molar-refractivity contribution >= 4 is 17.2 Å². The third-order valence-electron chi connectivity index (χ3n) is 2.98. The lowest BCUT2D eigenvalue weighted by Crippen LogP contribution is -2.35. The van der Waals surface area contributed by atoms with Crippen LogP contribution in [-0.4, -0.2) is 24.0 Å². The van der Waals surface area contributed by atoms with E-state index >= 15 is 0 Å². The van der Waals surface area contributed by atoms with Gasteiger partial charge in [-0.05, 0) is 53.1 Å². The fourth-order valence-corrected chi connectivity index (χ4v) is 2.59. The fraction of sp³-hybridized carbons (Fsp3) is 0.312. The SMILES string of the molecule is CCCN(Cc1ccsc1)C(=O)COc1ccc(F)cc1. The molecule has 0 saturated carbocycles. The summed E-state index contributed by atoms with van der Waals surface area (Å²) in [6, 6.07) is 7.68. The minimum atomic E-state index is -0.321. The number of carbonyl (C=O) groups excluding carboxylic acids is 1. The zero-order valence-electron chi connectivity index (χ0n) is 11.9. The lowest BCUT2D eigenvalue weighted by Gasteiger charge is -2.21. The van der Waals surface area contributed by atoms with Crippen LogP contribution in [-0.2, 0) is 11.3 Å².